The maximum absolute atomic E-state index is 13.9. The minimum Gasteiger partial charge on any atom is -0.872 e. The summed E-state index contributed by atoms with van der Waals surface area (Å²) in [6.45, 7) is 3.11. The molecule has 0 saturated carbocycles. The van der Waals surface area contributed by atoms with Crippen LogP contribution in [0.15, 0.2) is 72.3 Å². The molecule has 1 fully saturated rings. The molecular weight excluding hydrogens is 496 g/mol. The van der Waals surface area contributed by atoms with Crippen molar-refractivity contribution in [2.45, 2.75) is 19.6 Å². The molecule has 1 amide bonds. The molecular formula is C31H34N2O6. The number of carbonyl (C=O) groups excluding carboxylic acids is 2. The quantitative estimate of drug-likeness (QED) is 0.245. The van der Waals surface area contributed by atoms with Crippen LogP contribution in [0.5, 0.6) is 17.2 Å². The molecule has 1 atom stereocenters. The van der Waals surface area contributed by atoms with Crippen molar-refractivity contribution in [3.63, 3.8) is 0 Å². The fourth-order valence-corrected chi connectivity index (χ4v) is 4.68. The van der Waals surface area contributed by atoms with Crippen molar-refractivity contribution in [1.82, 2.24) is 4.90 Å². The van der Waals surface area contributed by atoms with Gasteiger partial charge in [-0.05, 0) is 53.4 Å². The van der Waals surface area contributed by atoms with Gasteiger partial charge in [0.1, 0.15) is 12.4 Å². The lowest BCUT2D eigenvalue weighted by molar-refractivity contribution is -0.857. The number of methoxy groups -OCH3 is 2. The molecule has 4 rings (SSSR count). The molecule has 0 aromatic heterocycles. The Hall–Kier alpha value is -4.30. The van der Waals surface area contributed by atoms with Gasteiger partial charge in [-0.2, -0.15) is 0 Å². The van der Waals surface area contributed by atoms with Gasteiger partial charge in [0.05, 0.1) is 47.4 Å². The van der Waals surface area contributed by atoms with Gasteiger partial charge in [0.2, 0.25) is 5.78 Å². The average Bonchev–Trinajstić information content (AvgIpc) is 3.19. The topological polar surface area (TPSA) is 92.6 Å². The highest BCUT2D eigenvalue weighted by Crippen LogP contribution is 2.41. The Morgan fingerprint density at radius 2 is 1.67 bits per heavy atom. The number of hydrogen-bond acceptors (Lipinski definition) is 6. The number of ketones is 1. The van der Waals surface area contributed by atoms with Crippen molar-refractivity contribution in [3.05, 3.63) is 94.6 Å². The highest BCUT2D eigenvalue weighted by molar-refractivity contribution is 6.46. The highest BCUT2D eigenvalue weighted by Gasteiger charge is 2.44. The Morgan fingerprint density at radius 1 is 0.949 bits per heavy atom. The predicted molar refractivity (Wildman–Crippen MR) is 146 cm³/mol. The molecule has 1 heterocycles. The van der Waals surface area contributed by atoms with E-state index < -0.39 is 23.5 Å². The van der Waals surface area contributed by atoms with Gasteiger partial charge in [0.15, 0.2) is 11.5 Å². The molecule has 1 aliphatic heterocycles. The highest BCUT2D eigenvalue weighted by atomic mass is 16.5. The van der Waals surface area contributed by atoms with Crippen LogP contribution >= 0.6 is 0 Å². The Kier molecular flexibility index (Phi) is 8.56. The zero-order valence-corrected chi connectivity index (χ0v) is 22.9. The molecule has 0 spiro atoms. The maximum atomic E-state index is 13.9. The van der Waals surface area contributed by atoms with Gasteiger partial charge in [0, 0.05) is 5.57 Å². The number of carbonyl (C=O) groups is 2. The first-order chi connectivity index (χ1) is 18.7. The Morgan fingerprint density at radius 3 is 2.31 bits per heavy atom. The smallest absolute Gasteiger partial charge is 0.295 e. The zero-order valence-electron chi connectivity index (χ0n) is 22.9. The maximum Gasteiger partial charge on any atom is 0.295 e. The molecule has 3 aromatic carbocycles. The molecule has 3 aromatic rings. The van der Waals surface area contributed by atoms with Crippen LogP contribution in [0.25, 0.3) is 5.76 Å². The monoisotopic (exact) mass is 530 g/mol. The van der Waals surface area contributed by atoms with Crippen molar-refractivity contribution >= 4 is 17.4 Å². The van der Waals surface area contributed by atoms with Gasteiger partial charge in [-0.25, -0.2) is 0 Å². The van der Waals surface area contributed by atoms with Crippen LogP contribution in [0.4, 0.5) is 0 Å². The van der Waals surface area contributed by atoms with Gasteiger partial charge >= 0.3 is 0 Å². The fraction of sp³-hybridized carbons (Fsp3) is 0.290. The molecule has 1 saturated heterocycles. The summed E-state index contributed by atoms with van der Waals surface area (Å²) in [6.07, 6.45) is 0. The number of benzene rings is 3. The molecule has 0 aliphatic carbocycles. The van der Waals surface area contributed by atoms with Crippen LogP contribution in [0, 0.1) is 6.92 Å². The van der Waals surface area contributed by atoms with E-state index in [0.717, 1.165) is 10.5 Å². The second kappa shape index (κ2) is 12.0. The van der Waals surface area contributed by atoms with Gasteiger partial charge in [-0.3, -0.25) is 9.59 Å². The molecule has 1 aliphatic rings. The van der Waals surface area contributed by atoms with Crippen LogP contribution in [0.2, 0.25) is 0 Å². The van der Waals surface area contributed by atoms with E-state index in [1.807, 2.05) is 44.4 Å². The minimum absolute atomic E-state index is 0.0676. The number of likely N-dealkylation sites (N-methyl/N-ethyl adjacent to an activating group) is 1. The van der Waals surface area contributed by atoms with Crippen LogP contribution < -0.4 is 24.2 Å². The number of nitrogens with zero attached hydrogens (tertiary/aromatic N) is 1. The molecule has 1 unspecified atom stereocenters. The normalized spacial score (nSPS) is 16.6. The van der Waals surface area contributed by atoms with E-state index in [-0.39, 0.29) is 5.57 Å². The minimum atomic E-state index is -0.843. The number of ether oxygens (including phenoxy) is 3. The van der Waals surface area contributed by atoms with Crippen molar-refractivity contribution in [1.29, 1.82) is 0 Å². The van der Waals surface area contributed by atoms with E-state index in [2.05, 4.69) is 0 Å². The van der Waals surface area contributed by atoms with E-state index >= 15 is 0 Å². The molecule has 39 heavy (non-hydrogen) atoms. The van der Waals surface area contributed by atoms with Gasteiger partial charge in [-0.1, -0.05) is 48.2 Å². The van der Waals surface area contributed by atoms with Crippen molar-refractivity contribution in [2.24, 2.45) is 0 Å². The number of Topliss-reactive ketones (excluding diaryl/α,β-unsaturated/α-hetero) is 1. The summed E-state index contributed by atoms with van der Waals surface area (Å²) in [5.74, 6) is -0.366. The third-order valence-corrected chi connectivity index (χ3v) is 6.80. The van der Waals surface area contributed by atoms with Crippen LogP contribution in [-0.4, -0.2) is 58.0 Å². The van der Waals surface area contributed by atoms with E-state index in [0.29, 0.717) is 53.6 Å². The van der Waals surface area contributed by atoms with Gasteiger partial charge < -0.3 is 29.1 Å². The first-order valence-electron chi connectivity index (χ1n) is 12.8. The SMILES string of the molecule is COc1ccc(C2/C(=C(\[O-])c3ccc(OCc4ccccc4)cc3C)C(=O)C(=O)N2CC[NH+](C)C)cc1OC. The number of quaternary nitrogens is 1. The molecule has 204 valence electrons. The lowest BCUT2D eigenvalue weighted by atomic mass is 9.93. The van der Waals surface area contributed by atoms with E-state index in [1.54, 1.807) is 43.3 Å². The molecule has 8 nitrogen and oxygen atoms in total. The third-order valence-electron chi connectivity index (χ3n) is 6.80. The fourth-order valence-electron chi connectivity index (χ4n) is 4.68. The zero-order chi connectivity index (χ0) is 28.1. The second-order valence-corrected chi connectivity index (χ2v) is 9.80. The number of hydrogen-bond donors (Lipinski definition) is 1. The second-order valence-electron chi connectivity index (χ2n) is 9.80. The molecule has 0 radical (unpaired) electrons. The summed E-state index contributed by atoms with van der Waals surface area (Å²) in [6, 6.07) is 19.3. The first kappa shape index (κ1) is 27.7. The lowest BCUT2D eigenvalue weighted by Crippen LogP contribution is -3.06. The van der Waals surface area contributed by atoms with Crippen LogP contribution in [0.1, 0.15) is 28.3 Å². The van der Waals surface area contributed by atoms with E-state index in [4.69, 9.17) is 14.2 Å². The third kappa shape index (κ3) is 5.91. The Bertz CT molecular complexity index is 1380. The number of nitrogens with one attached hydrogen (secondary N) is 1. The molecule has 8 heteroatoms. The average molecular weight is 531 g/mol. The number of likely N-dealkylation sites (tertiary alicyclic amines) is 1. The standard InChI is InChI=1S/C31H34N2O6/c1-20-17-23(39-19-21-9-7-6-8-10-21)12-13-24(20)29(34)27-28(22-11-14-25(37-4)26(18-22)38-5)33(16-15-32(2)3)31(36)30(27)35/h6-14,17-18,28,34H,15-16,19H2,1-5H3/b29-27+. The van der Waals surface area contributed by atoms with Gasteiger partial charge in [-0.15, -0.1) is 0 Å². The lowest BCUT2D eigenvalue weighted by Gasteiger charge is -2.28. The van der Waals surface area contributed by atoms with Gasteiger partial charge in [0.25, 0.3) is 5.91 Å². The Balaban J connectivity index is 1.74. The largest absolute Gasteiger partial charge is 0.872 e. The summed E-state index contributed by atoms with van der Waals surface area (Å²) in [5, 5.41) is 13.9. The van der Waals surface area contributed by atoms with E-state index in [9.17, 15) is 14.7 Å². The number of rotatable bonds is 10. The summed E-state index contributed by atoms with van der Waals surface area (Å²) in [5.41, 5.74) is 2.56. The van der Waals surface area contributed by atoms with Crippen LogP contribution in [-0.2, 0) is 16.2 Å². The molecule has 0 bridgehead atoms. The summed E-state index contributed by atoms with van der Waals surface area (Å²) >= 11 is 0. The summed E-state index contributed by atoms with van der Waals surface area (Å²) in [7, 11) is 6.98. The van der Waals surface area contributed by atoms with Crippen molar-refractivity contribution in [2.75, 3.05) is 41.4 Å². The summed E-state index contributed by atoms with van der Waals surface area (Å²) < 4.78 is 16.7. The van der Waals surface area contributed by atoms with Crippen molar-refractivity contribution in [3.8, 4) is 17.2 Å². The number of amides is 1. The summed E-state index contributed by atoms with van der Waals surface area (Å²) in [4.78, 5) is 29.1. The molecule has 1 N–H and O–H groups in total. The van der Waals surface area contributed by atoms with E-state index in [1.165, 1.54) is 19.1 Å². The van der Waals surface area contributed by atoms with Crippen molar-refractivity contribution < 1.29 is 33.8 Å². The number of aryl methyl sites for hydroxylation is 1. The van der Waals surface area contributed by atoms with Crippen LogP contribution in [0.3, 0.4) is 0 Å². The first-order valence-corrected chi connectivity index (χ1v) is 12.8. The predicted octanol–water partition coefficient (Wildman–Crippen LogP) is 1.96. The Labute approximate surface area is 229 Å².